The molecule has 0 bridgehead atoms. The number of H-pyrrole nitrogens is 1. The van der Waals surface area contributed by atoms with Gasteiger partial charge in [-0.3, -0.25) is 38.7 Å². The van der Waals surface area contributed by atoms with E-state index in [4.69, 9.17) is 15.2 Å². The van der Waals surface area contributed by atoms with Gasteiger partial charge in [-0.1, -0.05) is 97.1 Å². The molecule has 5 heterocycles. The van der Waals surface area contributed by atoms with Crippen LogP contribution in [0, 0.1) is 0 Å². The number of carbonyl (C=O) groups excluding carboxylic acids is 7. The van der Waals surface area contributed by atoms with E-state index >= 15 is 28.8 Å². The van der Waals surface area contributed by atoms with Crippen molar-refractivity contribution in [2.45, 2.75) is 87.5 Å². The lowest BCUT2D eigenvalue weighted by Crippen LogP contribution is -2.63. The Morgan fingerprint density at radius 1 is 0.642 bits per heavy atom. The molecule has 3 saturated heterocycles. The number of nitrogens with zero attached hydrogens (tertiary/aromatic N) is 3. The van der Waals surface area contributed by atoms with Crippen molar-refractivity contribution in [1.82, 2.24) is 57.0 Å². The van der Waals surface area contributed by atoms with Crippen molar-refractivity contribution in [3.63, 3.8) is 0 Å². The molecule has 0 saturated carbocycles. The molecule has 10 N–H and O–H groups in total. The van der Waals surface area contributed by atoms with E-state index in [1.807, 2.05) is 89.8 Å². The predicted molar refractivity (Wildman–Crippen MR) is 302 cm³/mol. The summed E-state index contributed by atoms with van der Waals surface area (Å²) in [6, 6.07) is 29.3. The normalized spacial score (nSPS) is 22.5. The van der Waals surface area contributed by atoms with Crippen LogP contribution in [0.2, 0.25) is 0 Å². The Hall–Kier alpha value is -8.66. The van der Waals surface area contributed by atoms with Crippen molar-refractivity contribution in [2.24, 2.45) is 5.73 Å². The zero-order valence-electron chi connectivity index (χ0n) is 45.0. The second-order valence-corrected chi connectivity index (χ2v) is 20.6. The van der Waals surface area contributed by atoms with Crippen LogP contribution in [0.25, 0.3) is 10.9 Å². The number of aromatic amines is 1. The highest BCUT2D eigenvalue weighted by atomic mass is 16.6. The molecule has 3 fully saturated rings. The van der Waals surface area contributed by atoms with Gasteiger partial charge in [0.15, 0.2) is 0 Å². The molecule has 424 valence electrons. The average molecular weight is 1100 g/mol. The monoisotopic (exact) mass is 1100 g/mol. The molecule has 3 aliphatic heterocycles. The molecule has 7 atom stereocenters. The first-order chi connectivity index (χ1) is 39.5. The van der Waals surface area contributed by atoms with Gasteiger partial charge in [-0.15, -0.1) is 0 Å². The molecule has 21 heteroatoms. The molecular weight excluding hydrogens is 1030 g/mol. The van der Waals surface area contributed by atoms with E-state index in [0.29, 0.717) is 61.6 Å². The molecule has 2 aromatic heterocycles. The fourth-order valence-electron chi connectivity index (χ4n) is 10.5. The highest BCUT2D eigenvalue weighted by Crippen LogP contribution is 2.25. The third-order valence-electron chi connectivity index (χ3n) is 14.8. The maximum Gasteiger partial charge on any atom is 0.407 e. The lowest BCUT2D eigenvalue weighted by Gasteiger charge is -2.33. The SMILES string of the molecule is NCCNC(=O)O[C@@H]1C[C@H]2C(=O)N[C@H](CCc3ccccc3)C(=O)N[C@@H](Cc3c[nH]c4ccccc34)C(=O)N[C@@H](CN3CCNCC3)C(=O)N[C@@H](Cc3ccc(OCc4ccccc4)cc3)C(=O)N[C@@H](Cc3cccnc3)C(=O)N2C1. The highest BCUT2D eigenvalue weighted by Gasteiger charge is 2.45. The minimum atomic E-state index is -1.37. The third-order valence-corrected chi connectivity index (χ3v) is 14.8. The van der Waals surface area contributed by atoms with Gasteiger partial charge in [-0.2, -0.15) is 0 Å². The topological polar surface area (TPSA) is 283 Å². The van der Waals surface area contributed by atoms with Crippen LogP contribution in [-0.2, 0) is 65.8 Å². The number of ether oxygens (including phenoxy) is 2. The summed E-state index contributed by atoms with van der Waals surface area (Å²) in [5, 5.41) is 21.5. The molecule has 21 nitrogen and oxygen atoms in total. The number of nitrogens with one attached hydrogen (secondary N) is 8. The Kier molecular flexibility index (Phi) is 19.7. The van der Waals surface area contributed by atoms with Crippen LogP contribution in [-0.4, -0.2) is 156 Å². The van der Waals surface area contributed by atoms with E-state index in [9.17, 15) is 4.79 Å². The molecule has 9 rings (SSSR count). The van der Waals surface area contributed by atoms with E-state index in [2.05, 4.69) is 47.2 Å². The van der Waals surface area contributed by atoms with Crippen LogP contribution in [0.1, 0.15) is 40.7 Å². The number of hydrogen-bond acceptors (Lipinski definition) is 13. The van der Waals surface area contributed by atoms with Gasteiger partial charge in [0, 0.05) is 101 Å². The average Bonchev–Trinajstić information content (AvgIpc) is 4.11. The molecule has 81 heavy (non-hydrogen) atoms. The number of aromatic nitrogens is 2. The zero-order valence-corrected chi connectivity index (χ0v) is 45.0. The van der Waals surface area contributed by atoms with Crippen molar-refractivity contribution in [2.75, 3.05) is 52.4 Å². The first-order valence-corrected chi connectivity index (χ1v) is 27.6. The molecular formula is C60H70N12O9. The quantitative estimate of drug-likeness (QED) is 0.0631. The number of rotatable bonds is 17. The number of hydrogen-bond donors (Lipinski definition) is 9. The van der Waals surface area contributed by atoms with Crippen molar-refractivity contribution in [1.29, 1.82) is 0 Å². The van der Waals surface area contributed by atoms with E-state index < -0.39 is 83.9 Å². The molecule has 6 aromatic rings. The molecule has 7 amide bonds. The van der Waals surface area contributed by atoms with Crippen LogP contribution in [0.4, 0.5) is 4.79 Å². The van der Waals surface area contributed by atoms with Crippen LogP contribution >= 0.6 is 0 Å². The highest BCUT2D eigenvalue weighted by molar-refractivity contribution is 5.99. The van der Waals surface area contributed by atoms with Crippen molar-refractivity contribution >= 4 is 52.4 Å². The van der Waals surface area contributed by atoms with Gasteiger partial charge in [-0.05, 0) is 64.9 Å². The van der Waals surface area contributed by atoms with Crippen LogP contribution < -0.4 is 47.7 Å². The van der Waals surface area contributed by atoms with E-state index in [1.54, 1.807) is 55.0 Å². The number of nitrogens with two attached hydrogens (primary N) is 1. The van der Waals surface area contributed by atoms with Crippen LogP contribution in [0.5, 0.6) is 5.75 Å². The molecule has 0 aliphatic carbocycles. The first kappa shape index (κ1) is 57.0. The smallest absolute Gasteiger partial charge is 0.407 e. The molecule has 0 spiro atoms. The number of carbonyl (C=O) groups is 7. The van der Waals surface area contributed by atoms with Crippen molar-refractivity contribution in [3.8, 4) is 5.75 Å². The summed E-state index contributed by atoms with van der Waals surface area (Å²) >= 11 is 0. The Labute approximate surface area is 469 Å². The Bertz CT molecular complexity index is 3090. The van der Waals surface area contributed by atoms with E-state index in [-0.39, 0.29) is 58.3 Å². The van der Waals surface area contributed by atoms with E-state index in [0.717, 1.165) is 22.0 Å². The summed E-state index contributed by atoms with van der Waals surface area (Å²) in [5.41, 5.74) is 10.2. The van der Waals surface area contributed by atoms with Gasteiger partial charge in [-0.25, -0.2) is 4.79 Å². The van der Waals surface area contributed by atoms with Gasteiger partial charge in [0.25, 0.3) is 0 Å². The van der Waals surface area contributed by atoms with Gasteiger partial charge in [0.1, 0.15) is 54.7 Å². The van der Waals surface area contributed by atoms with Gasteiger partial charge < -0.3 is 62.3 Å². The van der Waals surface area contributed by atoms with Crippen molar-refractivity contribution in [3.05, 3.63) is 168 Å². The Balaban J connectivity index is 1.10. The maximum atomic E-state index is 15.4. The number of para-hydroxylation sites is 1. The third kappa shape index (κ3) is 15.8. The molecule has 3 aliphatic rings. The lowest BCUT2D eigenvalue weighted by atomic mass is 10.0. The lowest BCUT2D eigenvalue weighted by molar-refractivity contribution is -0.143. The summed E-state index contributed by atoms with van der Waals surface area (Å²) in [7, 11) is 0. The molecule has 0 radical (unpaired) electrons. The van der Waals surface area contributed by atoms with Crippen LogP contribution in [0.15, 0.2) is 140 Å². The largest absolute Gasteiger partial charge is 0.489 e. The fraction of sp³-hybridized carbons (Fsp3) is 0.367. The summed E-state index contributed by atoms with van der Waals surface area (Å²) in [5.74, 6) is -3.63. The standard InChI is InChI=1S/C60H70N12O9/c61-23-25-64-60(79)81-45-33-53-58(77)66-48(22-19-39-10-3-1-4-11-39)54(73)68-50(32-43-35-65-47-16-8-7-15-46(43)47)56(75)70-52(37-71-28-26-62-27-29-71)57(76)67-49(30-40-17-20-44(21-18-40)80-38-41-12-5-2-6-13-41)55(74)69-51(59(78)72(53)36-45)31-42-14-9-24-63-34-42/h1-18,20-21,24,34-35,45,48-53,62,65H,19,22-23,25-33,36-38,61H2,(H,64,79)(H,66,77)(H,67,76)(H,68,73)(H,69,74)(H,70,75)/t45-,48-,49+,50+,51+,52+,53+/m1/s1. The molecule has 4 aromatic carbocycles. The first-order valence-electron chi connectivity index (χ1n) is 27.6. The van der Waals surface area contributed by atoms with E-state index in [1.165, 1.54) is 4.90 Å². The Morgan fingerprint density at radius 2 is 1.26 bits per heavy atom. The predicted octanol–water partition coefficient (Wildman–Crippen LogP) is 1.80. The summed E-state index contributed by atoms with van der Waals surface area (Å²) < 4.78 is 11.8. The summed E-state index contributed by atoms with van der Waals surface area (Å²) in [6.07, 6.45) is 3.13. The van der Waals surface area contributed by atoms with Crippen LogP contribution in [0.3, 0.4) is 0 Å². The number of piperazine rings is 1. The van der Waals surface area contributed by atoms with Gasteiger partial charge in [0.05, 0.1) is 6.54 Å². The van der Waals surface area contributed by atoms with Gasteiger partial charge >= 0.3 is 6.09 Å². The number of pyridine rings is 1. The zero-order chi connectivity index (χ0) is 56.5. The maximum absolute atomic E-state index is 15.4. The summed E-state index contributed by atoms with van der Waals surface area (Å²) in [6.45, 7) is 2.73. The molecule has 0 unspecified atom stereocenters. The second-order valence-electron chi connectivity index (χ2n) is 20.6. The fourth-order valence-corrected chi connectivity index (χ4v) is 10.5. The van der Waals surface area contributed by atoms with Crippen molar-refractivity contribution < 1.29 is 43.0 Å². The Morgan fingerprint density at radius 3 is 1.98 bits per heavy atom. The second kappa shape index (κ2) is 28.0. The minimum absolute atomic E-state index is 0.0204. The summed E-state index contributed by atoms with van der Waals surface area (Å²) in [4.78, 5) is 115. The number of aryl methyl sites for hydroxylation is 1. The number of fused-ring (bicyclic) bond motifs is 2. The van der Waals surface area contributed by atoms with Gasteiger partial charge in [0.2, 0.25) is 35.4 Å². The number of alkyl carbamates (subject to hydrolysis) is 1. The number of amides is 7. The minimum Gasteiger partial charge on any atom is -0.489 e. The number of benzene rings is 4.